The van der Waals surface area contributed by atoms with Gasteiger partial charge in [0.1, 0.15) is 5.75 Å². The second kappa shape index (κ2) is 5.61. The Labute approximate surface area is 128 Å². The monoisotopic (exact) mass is 305 g/mol. The molecule has 0 spiro atoms. The van der Waals surface area contributed by atoms with Gasteiger partial charge in [0.25, 0.3) is 0 Å². The van der Waals surface area contributed by atoms with E-state index in [9.17, 15) is 14.7 Å². The van der Waals surface area contributed by atoms with Crippen molar-refractivity contribution >= 4 is 17.6 Å². The average molecular weight is 305 g/mol. The lowest BCUT2D eigenvalue weighted by atomic mass is 9.78. The van der Waals surface area contributed by atoms with Gasteiger partial charge in [-0.2, -0.15) is 0 Å². The molecule has 1 aromatic carbocycles. The molecule has 6 nitrogen and oxygen atoms in total. The lowest BCUT2D eigenvalue weighted by Crippen LogP contribution is -2.41. The summed E-state index contributed by atoms with van der Waals surface area (Å²) in [5.74, 6) is -2.15. The predicted molar refractivity (Wildman–Crippen MR) is 78.9 cm³/mol. The summed E-state index contributed by atoms with van der Waals surface area (Å²) in [5, 5.41) is 12.2. The van der Waals surface area contributed by atoms with E-state index in [4.69, 9.17) is 9.47 Å². The molecular formula is C16H19NO5. The number of carboxylic acid groups (broad SMARTS) is 1. The molecule has 6 heteroatoms. The molecule has 2 N–H and O–H groups in total. The van der Waals surface area contributed by atoms with Crippen molar-refractivity contribution in [3.63, 3.8) is 0 Å². The molecule has 1 aromatic rings. The molecule has 0 unspecified atom stereocenters. The van der Waals surface area contributed by atoms with Crippen LogP contribution in [-0.2, 0) is 14.3 Å². The molecule has 2 fully saturated rings. The summed E-state index contributed by atoms with van der Waals surface area (Å²) in [5.41, 5.74) is 1.54. The second-order valence-electron chi connectivity index (χ2n) is 5.87. The summed E-state index contributed by atoms with van der Waals surface area (Å²) in [7, 11) is 1.53. The summed E-state index contributed by atoms with van der Waals surface area (Å²) in [6.45, 7) is 1.91. The van der Waals surface area contributed by atoms with E-state index in [1.54, 1.807) is 12.1 Å². The number of aliphatic carboxylic acids is 1. The Bertz CT molecular complexity index is 615. The lowest BCUT2D eigenvalue weighted by molar-refractivity contribution is -0.147. The molecule has 0 saturated carbocycles. The number of anilines is 1. The maximum absolute atomic E-state index is 12.6. The number of carbonyl (C=O) groups excluding carboxylic acids is 1. The molecule has 0 aliphatic carbocycles. The zero-order valence-electron chi connectivity index (χ0n) is 12.5. The Morgan fingerprint density at radius 1 is 1.27 bits per heavy atom. The normalized spacial score (nSPS) is 29.4. The third-order valence-corrected chi connectivity index (χ3v) is 4.47. The summed E-state index contributed by atoms with van der Waals surface area (Å²) in [6, 6.07) is 5.46. The molecule has 4 atom stereocenters. The average Bonchev–Trinajstić information content (AvgIpc) is 3.08. The van der Waals surface area contributed by atoms with E-state index in [-0.39, 0.29) is 18.1 Å². The fraction of sp³-hybridized carbons (Fsp3) is 0.500. The van der Waals surface area contributed by atoms with Gasteiger partial charge in [0.05, 0.1) is 36.8 Å². The Morgan fingerprint density at radius 2 is 1.95 bits per heavy atom. The van der Waals surface area contributed by atoms with Crippen molar-refractivity contribution in [3.05, 3.63) is 23.8 Å². The van der Waals surface area contributed by atoms with Crippen LogP contribution in [-0.4, -0.2) is 36.3 Å². The number of benzene rings is 1. The van der Waals surface area contributed by atoms with Crippen LogP contribution in [0.25, 0.3) is 0 Å². The first-order chi connectivity index (χ1) is 10.5. The Balaban J connectivity index is 1.82. The van der Waals surface area contributed by atoms with Crippen LogP contribution in [0.15, 0.2) is 18.2 Å². The van der Waals surface area contributed by atoms with Crippen LogP contribution >= 0.6 is 0 Å². The zero-order valence-corrected chi connectivity index (χ0v) is 12.5. The molecule has 2 aliphatic heterocycles. The van der Waals surface area contributed by atoms with Crippen molar-refractivity contribution in [2.24, 2.45) is 11.8 Å². The summed E-state index contributed by atoms with van der Waals surface area (Å²) in [4.78, 5) is 24.0. The lowest BCUT2D eigenvalue weighted by Gasteiger charge is -2.24. The standard InChI is InChI=1S/C16H19NO5/c1-8-3-4-10(21-2)9(7-8)17-15(18)13-11-5-6-12(22-11)14(13)16(19)20/h3-4,7,11-14H,5-6H2,1-2H3,(H,17,18)(H,19,20)/t11-,12+,13+,14+/m1/s1. The predicted octanol–water partition coefficient (Wildman–Crippen LogP) is 1.82. The van der Waals surface area contributed by atoms with Crippen molar-refractivity contribution in [1.29, 1.82) is 0 Å². The molecular weight excluding hydrogens is 286 g/mol. The summed E-state index contributed by atoms with van der Waals surface area (Å²) < 4.78 is 10.9. The van der Waals surface area contributed by atoms with E-state index in [0.717, 1.165) is 12.0 Å². The van der Waals surface area contributed by atoms with Gasteiger partial charge in [-0.25, -0.2) is 0 Å². The number of hydrogen-bond donors (Lipinski definition) is 2. The highest BCUT2D eigenvalue weighted by molar-refractivity contribution is 5.97. The smallest absolute Gasteiger partial charge is 0.310 e. The molecule has 2 aliphatic rings. The number of carboxylic acids is 1. The zero-order chi connectivity index (χ0) is 15.9. The van der Waals surface area contributed by atoms with Gasteiger partial charge in [0.15, 0.2) is 0 Å². The molecule has 2 bridgehead atoms. The number of nitrogens with one attached hydrogen (secondary N) is 1. The quantitative estimate of drug-likeness (QED) is 0.886. The van der Waals surface area contributed by atoms with Gasteiger partial charge in [-0.15, -0.1) is 0 Å². The van der Waals surface area contributed by atoms with Crippen molar-refractivity contribution in [2.75, 3.05) is 12.4 Å². The van der Waals surface area contributed by atoms with Crippen LogP contribution in [0.4, 0.5) is 5.69 Å². The Kier molecular flexibility index (Phi) is 3.78. The van der Waals surface area contributed by atoms with E-state index in [1.807, 2.05) is 13.0 Å². The third-order valence-electron chi connectivity index (χ3n) is 4.47. The van der Waals surface area contributed by atoms with E-state index in [2.05, 4.69) is 5.32 Å². The fourth-order valence-corrected chi connectivity index (χ4v) is 3.46. The van der Waals surface area contributed by atoms with Gasteiger partial charge in [-0.1, -0.05) is 6.07 Å². The van der Waals surface area contributed by atoms with Crippen LogP contribution in [0.1, 0.15) is 18.4 Å². The SMILES string of the molecule is COc1ccc(C)cc1NC(=O)[C@@H]1[C@@H](C(=O)O)[C@@H]2CC[C@H]1O2. The van der Waals surface area contributed by atoms with E-state index < -0.39 is 17.8 Å². The first kappa shape index (κ1) is 14.8. The number of methoxy groups -OCH3 is 1. The first-order valence-electron chi connectivity index (χ1n) is 7.35. The van der Waals surface area contributed by atoms with Crippen molar-refractivity contribution in [2.45, 2.75) is 32.0 Å². The van der Waals surface area contributed by atoms with Crippen molar-refractivity contribution in [3.8, 4) is 5.75 Å². The summed E-state index contributed by atoms with van der Waals surface area (Å²) >= 11 is 0. The van der Waals surface area contributed by atoms with Crippen LogP contribution in [0.3, 0.4) is 0 Å². The van der Waals surface area contributed by atoms with Gasteiger partial charge in [-0.3, -0.25) is 9.59 Å². The number of aryl methyl sites for hydroxylation is 1. The number of rotatable bonds is 4. The maximum atomic E-state index is 12.6. The molecule has 0 radical (unpaired) electrons. The number of carbonyl (C=O) groups is 2. The van der Waals surface area contributed by atoms with Gasteiger partial charge in [0, 0.05) is 0 Å². The minimum atomic E-state index is -0.969. The molecule has 118 valence electrons. The van der Waals surface area contributed by atoms with Crippen molar-refractivity contribution < 1.29 is 24.2 Å². The number of ether oxygens (including phenoxy) is 2. The highest BCUT2D eigenvalue weighted by Crippen LogP contribution is 2.44. The minimum absolute atomic E-state index is 0.304. The van der Waals surface area contributed by atoms with E-state index in [0.29, 0.717) is 17.9 Å². The molecule has 3 rings (SSSR count). The highest BCUT2D eigenvalue weighted by Gasteiger charge is 2.55. The molecule has 0 aromatic heterocycles. The molecule has 1 amide bonds. The second-order valence-corrected chi connectivity index (χ2v) is 5.87. The Hall–Kier alpha value is -2.08. The van der Waals surface area contributed by atoms with Gasteiger partial charge in [-0.05, 0) is 37.5 Å². The van der Waals surface area contributed by atoms with E-state index in [1.165, 1.54) is 7.11 Å². The number of amides is 1. The topological polar surface area (TPSA) is 84.9 Å². The number of fused-ring (bicyclic) bond motifs is 2. The number of hydrogen-bond acceptors (Lipinski definition) is 4. The van der Waals surface area contributed by atoms with Crippen molar-refractivity contribution in [1.82, 2.24) is 0 Å². The molecule has 22 heavy (non-hydrogen) atoms. The largest absolute Gasteiger partial charge is 0.495 e. The summed E-state index contributed by atoms with van der Waals surface area (Å²) in [6.07, 6.45) is 0.788. The van der Waals surface area contributed by atoms with Crippen LogP contribution < -0.4 is 10.1 Å². The highest BCUT2D eigenvalue weighted by atomic mass is 16.5. The minimum Gasteiger partial charge on any atom is -0.495 e. The van der Waals surface area contributed by atoms with E-state index >= 15 is 0 Å². The van der Waals surface area contributed by atoms with Gasteiger partial charge in [0.2, 0.25) is 5.91 Å². The maximum Gasteiger partial charge on any atom is 0.310 e. The van der Waals surface area contributed by atoms with Gasteiger partial charge < -0.3 is 19.9 Å². The Morgan fingerprint density at radius 3 is 2.59 bits per heavy atom. The van der Waals surface area contributed by atoms with Crippen LogP contribution in [0, 0.1) is 18.8 Å². The molecule has 2 heterocycles. The molecule has 2 saturated heterocycles. The first-order valence-corrected chi connectivity index (χ1v) is 7.35. The van der Waals surface area contributed by atoms with Crippen LogP contribution in [0.2, 0.25) is 0 Å². The third kappa shape index (κ3) is 2.43. The fourth-order valence-electron chi connectivity index (χ4n) is 3.46. The van der Waals surface area contributed by atoms with Gasteiger partial charge >= 0.3 is 5.97 Å². The van der Waals surface area contributed by atoms with Crippen LogP contribution in [0.5, 0.6) is 5.75 Å².